The summed E-state index contributed by atoms with van der Waals surface area (Å²) in [5.41, 5.74) is 1.94. The Morgan fingerprint density at radius 3 is 2.37 bits per heavy atom. The maximum absolute atomic E-state index is 12.2. The van der Waals surface area contributed by atoms with E-state index in [0.717, 1.165) is 16.0 Å². The lowest BCUT2D eigenvalue weighted by Gasteiger charge is -2.32. The molecule has 1 aromatic heterocycles. The topological polar surface area (TPSA) is 80.1 Å². The Balaban J connectivity index is 1.59. The van der Waals surface area contributed by atoms with E-state index in [1.54, 1.807) is 4.68 Å². The zero-order chi connectivity index (χ0) is 20.8. The largest absolute Gasteiger partial charge is 0.347 e. The number of nitrogens with one attached hydrogen (secondary N) is 1. The van der Waals surface area contributed by atoms with Gasteiger partial charge in [-0.15, -0.1) is 5.10 Å². The van der Waals surface area contributed by atoms with Gasteiger partial charge in [-0.25, -0.2) is 9.58 Å². The number of anilines is 2. The third kappa shape index (κ3) is 3.24. The van der Waals surface area contributed by atoms with E-state index in [4.69, 9.17) is 23.2 Å². The fraction of sp³-hybridized carbons (Fsp3) is 0.238. The van der Waals surface area contributed by atoms with Gasteiger partial charge in [0.05, 0.1) is 12.1 Å². The van der Waals surface area contributed by atoms with Crippen molar-refractivity contribution in [3.63, 3.8) is 0 Å². The molecule has 3 aromatic rings. The molecular weight excluding hydrogens is 425 g/mol. The van der Waals surface area contributed by atoms with Crippen LogP contribution < -0.4 is 10.2 Å². The number of benzene rings is 2. The van der Waals surface area contributed by atoms with Crippen LogP contribution in [0.15, 0.2) is 48.5 Å². The SMILES string of the molecule is O=C1CCC(=O)N1c1nc2n(n1)[C@H](c1ccccc1Cl)C[C@H](c1ccc(Cl)cc1)N2. The summed E-state index contributed by atoms with van der Waals surface area (Å²) in [5.74, 6) is 0.00501. The normalized spacial score (nSPS) is 20.9. The van der Waals surface area contributed by atoms with E-state index < -0.39 is 0 Å². The summed E-state index contributed by atoms with van der Waals surface area (Å²) in [6.07, 6.45) is 1.01. The highest BCUT2D eigenvalue weighted by Gasteiger charge is 2.37. The molecule has 3 heterocycles. The Hall–Kier alpha value is -2.90. The summed E-state index contributed by atoms with van der Waals surface area (Å²) in [7, 11) is 0. The molecule has 1 N–H and O–H groups in total. The number of carbonyl (C=O) groups is 2. The molecule has 2 aliphatic rings. The van der Waals surface area contributed by atoms with Gasteiger partial charge in [0.2, 0.25) is 17.8 Å². The van der Waals surface area contributed by atoms with E-state index in [1.807, 2.05) is 48.5 Å². The van der Waals surface area contributed by atoms with Crippen LogP contribution in [0.2, 0.25) is 10.0 Å². The molecule has 2 amide bonds. The number of halogens is 2. The van der Waals surface area contributed by atoms with Gasteiger partial charge in [0.25, 0.3) is 5.95 Å². The fourth-order valence-electron chi connectivity index (χ4n) is 3.98. The molecule has 0 aliphatic carbocycles. The Kier molecular flexibility index (Phi) is 4.72. The summed E-state index contributed by atoms with van der Waals surface area (Å²) in [6.45, 7) is 0. The summed E-state index contributed by atoms with van der Waals surface area (Å²) in [4.78, 5) is 29.9. The highest BCUT2D eigenvalue weighted by atomic mass is 35.5. The molecule has 2 atom stereocenters. The van der Waals surface area contributed by atoms with Crippen LogP contribution in [0, 0.1) is 0 Å². The van der Waals surface area contributed by atoms with Crippen LogP contribution in [0.4, 0.5) is 11.9 Å². The van der Waals surface area contributed by atoms with Gasteiger partial charge in [0.1, 0.15) is 0 Å². The van der Waals surface area contributed by atoms with Gasteiger partial charge in [-0.1, -0.05) is 53.5 Å². The van der Waals surface area contributed by atoms with Crippen molar-refractivity contribution in [2.24, 2.45) is 0 Å². The van der Waals surface area contributed by atoms with Crippen molar-refractivity contribution in [3.8, 4) is 0 Å². The average Bonchev–Trinajstić information content (AvgIpc) is 3.30. The lowest BCUT2D eigenvalue weighted by Crippen LogP contribution is -2.30. The van der Waals surface area contributed by atoms with E-state index in [0.29, 0.717) is 22.4 Å². The Labute approximate surface area is 182 Å². The highest BCUT2D eigenvalue weighted by Crippen LogP contribution is 2.41. The zero-order valence-electron chi connectivity index (χ0n) is 15.8. The van der Waals surface area contributed by atoms with E-state index in [9.17, 15) is 9.59 Å². The summed E-state index contributed by atoms with van der Waals surface area (Å²) >= 11 is 12.5. The van der Waals surface area contributed by atoms with Crippen LogP contribution in [0.25, 0.3) is 0 Å². The average molecular weight is 442 g/mol. The lowest BCUT2D eigenvalue weighted by molar-refractivity contribution is -0.121. The van der Waals surface area contributed by atoms with Gasteiger partial charge >= 0.3 is 0 Å². The number of carbonyl (C=O) groups excluding carboxylic acids is 2. The summed E-state index contributed by atoms with van der Waals surface area (Å²) < 4.78 is 1.71. The van der Waals surface area contributed by atoms with Crippen LogP contribution in [0.5, 0.6) is 0 Å². The van der Waals surface area contributed by atoms with Crippen LogP contribution in [-0.4, -0.2) is 26.6 Å². The zero-order valence-corrected chi connectivity index (χ0v) is 17.3. The minimum Gasteiger partial charge on any atom is -0.347 e. The molecule has 2 aliphatic heterocycles. The molecular formula is C21H17Cl2N5O2. The number of aromatic nitrogens is 3. The van der Waals surface area contributed by atoms with E-state index in [2.05, 4.69) is 15.4 Å². The van der Waals surface area contributed by atoms with Gasteiger partial charge in [0, 0.05) is 22.9 Å². The first kappa shape index (κ1) is 19.1. The molecule has 1 fully saturated rings. The monoisotopic (exact) mass is 441 g/mol. The second-order valence-corrected chi connectivity index (χ2v) is 8.17. The first-order chi connectivity index (χ1) is 14.5. The van der Waals surface area contributed by atoms with Gasteiger partial charge in [-0.3, -0.25) is 9.59 Å². The Morgan fingerprint density at radius 1 is 0.967 bits per heavy atom. The second kappa shape index (κ2) is 7.41. The predicted molar refractivity (Wildman–Crippen MR) is 114 cm³/mol. The van der Waals surface area contributed by atoms with Crippen molar-refractivity contribution in [1.82, 2.24) is 14.8 Å². The molecule has 0 spiro atoms. The quantitative estimate of drug-likeness (QED) is 0.609. The fourth-order valence-corrected chi connectivity index (χ4v) is 4.37. The van der Waals surface area contributed by atoms with Crippen LogP contribution in [0.1, 0.15) is 42.5 Å². The molecule has 152 valence electrons. The van der Waals surface area contributed by atoms with Crippen molar-refractivity contribution < 1.29 is 9.59 Å². The molecule has 0 radical (unpaired) electrons. The Bertz CT molecular complexity index is 1130. The molecule has 2 aromatic carbocycles. The number of hydrogen-bond donors (Lipinski definition) is 1. The minimum atomic E-state index is -0.286. The van der Waals surface area contributed by atoms with Crippen LogP contribution >= 0.6 is 23.2 Å². The third-order valence-corrected chi connectivity index (χ3v) is 6.06. The van der Waals surface area contributed by atoms with Crippen LogP contribution in [0.3, 0.4) is 0 Å². The predicted octanol–water partition coefficient (Wildman–Crippen LogP) is 4.38. The van der Waals surface area contributed by atoms with E-state index >= 15 is 0 Å². The van der Waals surface area contributed by atoms with Gasteiger partial charge in [-0.05, 0) is 35.7 Å². The molecule has 9 heteroatoms. The highest BCUT2D eigenvalue weighted by molar-refractivity contribution is 6.31. The maximum atomic E-state index is 12.2. The molecule has 7 nitrogen and oxygen atoms in total. The van der Waals surface area contributed by atoms with Gasteiger partial charge in [-0.2, -0.15) is 4.98 Å². The molecule has 0 bridgehead atoms. The van der Waals surface area contributed by atoms with Crippen molar-refractivity contribution in [2.75, 3.05) is 10.2 Å². The lowest BCUT2D eigenvalue weighted by atomic mass is 9.93. The summed E-state index contributed by atoms with van der Waals surface area (Å²) in [6, 6.07) is 14.9. The number of fused-ring (bicyclic) bond motifs is 1. The summed E-state index contributed by atoms with van der Waals surface area (Å²) in [5, 5.41) is 9.18. The molecule has 5 rings (SSSR count). The van der Waals surface area contributed by atoms with E-state index in [1.165, 1.54) is 0 Å². The maximum Gasteiger partial charge on any atom is 0.260 e. The second-order valence-electron chi connectivity index (χ2n) is 7.32. The van der Waals surface area contributed by atoms with Gasteiger partial charge in [0.15, 0.2) is 0 Å². The first-order valence-electron chi connectivity index (χ1n) is 9.60. The number of nitrogens with zero attached hydrogens (tertiary/aromatic N) is 4. The molecule has 1 saturated heterocycles. The van der Waals surface area contributed by atoms with E-state index in [-0.39, 0.29) is 42.7 Å². The smallest absolute Gasteiger partial charge is 0.260 e. The molecule has 30 heavy (non-hydrogen) atoms. The standard InChI is InChI=1S/C21H17Cl2N5O2/c22-13-7-5-12(6-8-13)16-11-17(14-3-1-2-4-15(14)23)28-20(24-16)25-21(26-28)27-18(29)9-10-19(27)30/h1-8,16-17H,9-11H2,(H,24,25,26)/t16-,17+/m1/s1. The number of hydrogen-bond acceptors (Lipinski definition) is 5. The Morgan fingerprint density at radius 2 is 1.67 bits per heavy atom. The first-order valence-corrected chi connectivity index (χ1v) is 10.4. The number of imide groups is 1. The molecule has 0 saturated carbocycles. The minimum absolute atomic E-state index is 0.0712. The molecule has 0 unspecified atom stereocenters. The third-order valence-electron chi connectivity index (χ3n) is 5.47. The van der Waals surface area contributed by atoms with Gasteiger partial charge < -0.3 is 5.32 Å². The number of rotatable bonds is 3. The number of amides is 2. The van der Waals surface area contributed by atoms with Crippen LogP contribution in [-0.2, 0) is 9.59 Å². The van der Waals surface area contributed by atoms with Crippen molar-refractivity contribution in [3.05, 3.63) is 69.7 Å². The van der Waals surface area contributed by atoms with Crippen molar-refractivity contribution >= 4 is 46.9 Å². The van der Waals surface area contributed by atoms with Crippen molar-refractivity contribution in [2.45, 2.75) is 31.3 Å². The van der Waals surface area contributed by atoms with Crippen molar-refractivity contribution in [1.29, 1.82) is 0 Å².